The number of nitro benzene ring substituents is 1. The maximum absolute atomic E-state index is 13.7. The zero-order valence-corrected chi connectivity index (χ0v) is 19.4. The maximum atomic E-state index is 13.7. The number of benzene rings is 2. The summed E-state index contributed by atoms with van der Waals surface area (Å²) >= 11 is 12.9. The smallest absolute Gasteiger partial charge is 0.289 e. The van der Waals surface area contributed by atoms with Crippen molar-refractivity contribution in [2.75, 3.05) is 31.1 Å². The summed E-state index contributed by atoms with van der Waals surface area (Å²) in [7, 11) is -3.91. The number of hydrogen-bond donors (Lipinski definition) is 0. The number of aromatic nitrogens is 1. The van der Waals surface area contributed by atoms with E-state index in [1.807, 2.05) is 4.90 Å². The molecule has 0 N–H and O–H groups in total. The zero-order chi connectivity index (χ0) is 23.0. The summed E-state index contributed by atoms with van der Waals surface area (Å²) in [5.74, 6) is -0.528. The Labute approximate surface area is 197 Å². The number of piperazine rings is 1. The predicted molar refractivity (Wildman–Crippen MR) is 122 cm³/mol. The van der Waals surface area contributed by atoms with E-state index in [1.165, 1.54) is 39.9 Å². The van der Waals surface area contributed by atoms with E-state index in [0.29, 0.717) is 29.5 Å². The molecule has 2 heterocycles. The second kappa shape index (κ2) is 8.91. The highest BCUT2D eigenvalue weighted by atomic mass is 35.5. The molecule has 1 aliphatic heterocycles. The minimum atomic E-state index is -3.91. The fraction of sp³-hybridized carbons (Fsp3) is 0.211. The first-order valence-electron chi connectivity index (χ1n) is 9.27. The monoisotopic (exact) mass is 516 g/mol. The number of halogens is 3. The maximum Gasteiger partial charge on any atom is 0.289 e. The van der Waals surface area contributed by atoms with Crippen molar-refractivity contribution in [3.05, 3.63) is 67.8 Å². The van der Waals surface area contributed by atoms with Crippen molar-refractivity contribution in [2.45, 2.75) is 4.90 Å². The molecule has 0 radical (unpaired) electrons. The van der Waals surface area contributed by atoms with Crippen LogP contribution >= 0.6 is 34.5 Å². The lowest BCUT2D eigenvalue weighted by Crippen LogP contribution is -2.48. The lowest BCUT2D eigenvalue weighted by molar-refractivity contribution is -0.384. The minimum absolute atomic E-state index is 0.0348. The summed E-state index contributed by atoms with van der Waals surface area (Å²) in [4.78, 5) is 16.7. The Morgan fingerprint density at radius 3 is 2.41 bits per heavy atom. The first-order chi connectivity index (χ1) is 15.2. The highest BCUT2D eigenvalue weighted by Crippen LogP contribution is 2.32. The average Bonchev–Trinajstić information content (AvgIpc) is 3.26. The van der Waals surface area contributed by atoms with Gasteiger partial charge in [0.25, 0.3) is 5.69 Å². The van der Waals surface area contributed by atoms with Crippen LogP contribution in [0.2, 0.25) is 10.0 Å². The molecule has 3 aromatic rings. The van der Waals surface area contributed by atoms with Crippen LogP contribution in [-0.2, 0) is 10.0 Å². The van der Waals surface area contributed by atoms with E-state index in [-0.39, 0.29) is 28.0 Å². The molecule has 168 valence electrons. The number of sulfonamides is 1. The molecule has 0 saturated carbocycles. The van der Waals surface area contributed by atoms with E-state index in [4.69, 9.17) is 23.2 Å². The van der Waals surface area contributed by atoms with Gasteiger partial charge in [0.05, 0.1) is 20.5 Å². The fourth-order valence-corrected chi connectivity index (χ4v) is 5.89. The largest absolute Gasteiger partial charge is 0.345 e. The molecular formula is C19H15Cl2FN4O4S2. The SMILES string of the molecule is O=[N+]([O-])c1cc(S(=O)(=O)N2CCN(c3nc(-c4ccc(Cl)c(F)c4)cs3)CC2)ccc1Cl. The normalized spacial score (nSPS) is 15.2. The highest BCUT2D eigenvalue weighted by Gasteiger charge is 2.31. The number of nitro groups is 1. The van der Waals surface area contributed by atoms with Gasteiger partial charge in [-0.2, -0.15) is 4.31 Å². The first kappa shape index (κ1) is 22.9. The molecule has 1 saturated heterocycles. The van der Waals surface area contributed by atoms with Gasteiger partial charge in [-0.1, -0.05) is 29.3 Å². The summed E-state index contributed by atoms with van der Waals surface area (Å²) < 4.78 is 40.9. The third kappa shape index (κ3) is 4.44. The summed E-state index contributed by atoms with van der Waals surface area (Å²) in [6.07, 6.45) is 0. The molecule has 8 nitrogen and oxygen atoms in total. The molecule has 13 heteroatoms. The lowest BCUT2D eigenvalue weighted by Gasteiger charge is -2.33. The molecule has 0 unspecified atom stereocenters. The summed E-state index contributed by atoms with van der Waals surface area (Å²) in [6, 6.07) is 7.91. The quantitative estimate of drug-likeness (QED) is 0.360. The van der Waals surface area contributed by atoms with Gasteiger partial charge in [-0.05, 0) is 24.3 Å². The van der Waals surface area contributed by atoms with Gasteiger partial charge in [0.2, 0.25) is 10.0 Å². The van der Waals surface area contributed by atoms with Crippen LogP contribution in [0.15, 0.2) is 46.7 Å². The van der Waals surface area contributed by atoms with Crippen molar-refractivity contribution in [3.8, 4) is 11.3 Å². The van der Waals surface area contributed by atoms with Crippen molar-refractivity contribution in [1.82, 2.24) is 9.29 Å². The first-order valence-corrected chi connectivity index (χ1v) is 12.3. The molecule has 0 atom stereocenters. The van der Waals surface area contributed by atoms with Crippen LogP contribution in [0.25, 0.3) is 11.3 Å². The predicted octanol–water partition coefficient (Wildman–Crippen LogP) is 4.68. The summed E-state index contributed by atoms with van der Waals surface area (Å²) in [6.45, 7) is 1.14. The average molecular weight is 517 g/mol. The van der Waals surface area contributed by atoms with Gasteiger partial charge in [-0.15, -0.1) is 11.3 Å². The van der Waals surface area contributed by atoms with E-state index in [1.54, 1.807) is 11.4 Å². The van der Waals surface area contributed by atoms with E-state index in [9.17, 15) is 22.9 Å². The van der Waals surface area contributed by atoms with Crippen LogP contribution in [-0.4, -0.2) is 48.8 Å². The van der Waals surface area contributed by atoms with E-state index in [2.05, 4.69) is 4.98 Å². The molecular weight excluding hydrogens is 502 g/mol. The molecule has 32 heavy (non-hydrogen) atoms. The molecule has 2 aromatic carbocycles. The summed E-state index contributed by atoms with van der Waals surface area (Å²) in [5, 5.41) is 13.5. The van der Waals surface area contributed by atoms with Crippen LogP contribution < -0.4 is 4.90 Å². The number of anilines is 1. The van der Waals surface area contributed by atoms with E-state index < -0.39 is 26.5 Å². The zero-order valence-electron chi connectivity index (χ0n) is 16.2. The number of nitrogens with zero attached hydrogens (tertiary/aromatic N) is 4. The third-order valence-electron chi connectivity index (χ3n) is 4.97. The second-order valence-electron chi connectivity index (χ2n) is 6.91. The van der Waals surface area contributed by atoms with Crippen molar-refractivity contribution in [1.29, 1.82) is 0 Å². The molecule has 1 aromatic heterocycles. The molecule has 0 bridgehead atoms. The Balaban J connectivity index is 1.47. The van der Waals surface area contributed by atoms with Gasteiger partial charge in [0.15, 0.2) is 5.13 Å². The Hall–Kier alpha value is -2.31. The van der Waals surface area contributed by atoms with Crippen molar-refractivity contribution < 1.29 is 17.7 Å². The topological polar surface area (TPSA) is 96.6 Å². The van der Waals surface area contributed by atoms with Gasteiger partial charge in [0.1, 0.15) is 10.8 Å². The minimum Gasteiger partial charge on any atom is -0.345 e. The second-order valence-corrected chi connectivity index (χ2v) is 10.5. The van der Waals surface area contributed by atoms with Crippen LogP contribution in [0.4, 0.5) is 15.2 Å². The number of thiazole rings is 1. The molecule has 4 rings (SSSR count). The molecule has 0 aliphatic carbocycles. The van der Waals surface area contributed by atoms with Gasteiger partial charge >= 0.3 is 0 Å². The Morgan fingerprint density at radius 2 is 1.75 bits per heavy atom. The lowest BCUT2D eigenvalue weighted by atomic mass is 10.2. The van der Waals surface area contributed by atoms with E-state index >= 15 is 0 Å². The summed E-state index contributed by atoms with van der Waals surface area (Å²) in [5.41, 5.74) is 0.740. The Kier molecular flexibility index (Phi) is 6.37. The Morgan fingerprint density at radius 1 is 1.06 bits per heavy atom. The van der Waals surface area contributed by atoms with Crippen molar-refractivity contribution >= 4 is 55.4 Å². The molecule has 0 amide bonds. The molecule has 1 aliphatic rings. The molecule has 0 spiro atoms. The van der Waals surface area contributed by atoms with Gasteiger partial charge in [-0.25, -0.2) is 17.8 Å². The van der Waals surface area contributed by atoms with Gasteiger partial charge in [-0.3, -0.25) is 10.1 Å². The van der Waals surface area contributed by atoms with Crippen LogP contribution in [0.3, 0.4) is 0 Å². The van der Waals surface area contributed by atoms with Gasteiger partial charge < -0.3 is 4.90 Å². The van der Waals surface area contributed by atoms with Crippen LogP contribution in [0, 0.1) is 15.9 Å². The van der Waals surface area contributed by atoms with Crippen molar-refractivity contribution in [3.63, 3.8) is 0 Å². The van der Waals surface area contributed by atoms with E-state index in [0.717, 1.165) is 6.07 Å². The Bertz CT molecular complexity index is 1290. The molecule has 1 fully saturated rings. The fourth-order valence-electron chi connectivity index (χ4n) is 3.26. The third-order valence-corrected chi connectivity index (χ3v) is 8.39. The van der Waals surface area contributed by atoms with Gasteiger partial charge in [0, 0.05) is 43.2 Å². The standard InChI is InChI=1S/C19H15Cl2FN4O4S2/c20-14-3-1-12(9-16(14)22)17-11-31-19(23-17)24-5-7-25(8-6-24)32(29,30)13-2-4-15(21)18(10-13)26(27)28/h1-4,9-11H,5-8H2. The van der Waals surface area contributed by atoms with Crippen molar-refractivity contribution in [2.24, 2.45) is 0 Å². The van der Waals surface area contributed by atoms with Crippen LogP contribution in [0.1, 0.15) is 0 Å². The number of rotatable bonds is 5. The highest BCUT2D eigenvalue weighted by molar-refractivity contribution is 7.89. The van der Waals surface area contributed by atoms with Crippen LogP contribution in [0.5, 0.6) is 0 Å². The number of hydrogen-bond acceptors (Lipinski definition) is 7.